The summed E-state index contributed by atoms with van der Waals surface area (Å²) in [6, 6.07) is 1.58. The molecule has 1 aromatic rings. The van der Waals surface area contributed by atoms with Crippen LogP contribution in [0, 0.1) is 0 Å². The number of ether oxygens (including phenoxy) is 2. The first-order valence-corrected chi connectivity index (χ1v) is 5.16. The molecule has 0 radical (unpaired) electrons. The maximum atomic E-state index is 10.5. The van der Waals surface area contributed by atoms with Crippen molar-refractivity contribution in [3.8, 4) is 11.8 Å². The minimum atomic E-state index is -0.193. The van der Waals surface area contributed by atoms with Crippen LogP contribution in [-0.4, -0.2) is 35.7 Å². The molecule has 1 unspecified atom stereocenters. The lowest BCUT2D eigenvalue weighted by Crippen LogP contribution is -2.01. The van der Waals surface area contributed by atoms with Gasteiger partial charge in [-0.25, -0.2) is 0 Å². The first kappa shape index (κ1) is 11.8. The topological polar surface area (TPSA) is 61.3 Å². The van der Waals surface area contributed by atoms with Crippen LogP contribution in [0.3, 0.4) is 0 Å². The standard InChI is InChI=1S/C9H12N2O3S/c1-6(5-12)15-9-10-7(13-2)4-8(11-9)14-3/h4-6H,1-3H3. The van der Waals surface area contributed by atoms with Gasteiger partial charge in [-0.3, -0.25) is 0 Å². The van der Waals surface area contributed by atoms with E-state index in [9.17, 15) is 4.79 Å². The molecule has 1 atom stereocenters. The molecule has 0 aromatic carbocycles. The normalized spacial score (nSPS) is 11.9. The molecule has 0 saturated carbocycles. The number of hydrogen-bond acceptors (Lipinski definition) is 6. The Kier molecular flexibility index (Phi) is 4.36. The van der Waals surface area contributed by atoms with Gasteiger partial charge >= 0.3 is 0 Å². The Morgan fingerprint density at radius 1 is 1.33 bits per heavy atom. The van der Waals surface area contributed by atoms with Gasteiger partial charge in [-0.05, 0) is 6.92 Å². The van der Waals surface area contributed by atoms with Gasteiger partial charge in [0.15, 0.2) is 5.16 Å². The number of rotatable bonds is 5. The Morgan fingerprint density at radius 2 is 1.87 bits per heavy atom. The first-order chi connectivity index (χ1) is 7.19. The van der Waals surface area contributed by atoms with E-state index >= 15 is 0 Å². The molecule has 6 heteroatoms. The molecule has 0 fully saturated rings. The quantitative estimate of drug-likeness (QED) is 0.428. The number of aldehydes is 1. The summed E-state index contributed by atoms with van der Waals surface area (Å²) in [6.45, 7) is 1.77. The molecule has 82 valence electrons. The summed E-state index contributed by atoms with van der Waals surface area (Å²) in [6.07, 6.45) is 0.833. The van der Waals surface area contributed by atoms with Crippen molar-refractivity contribution in [1.29, 1.82) is 0 Å². The number of thioether (sulfide) groups is 1. The molecule has 0 bridgehead atoms. The monoisotopic (exact) mass is 228 g/mol. The van der Waals surface area contributed by atoms with Crippen molar-refractivity contribution in [2.75, 3.05) is 14.2 Å². The largest absolute Gasteiger partial charge is 0.481 e. The molecule has 1 aromatic heterocycles. The molecular formula is C9H12N2O3S. The van der Waals surface area contributed by atoms with Gasteiger partial charge in [0.2, 0.25) is 11.8 Å². The summed E-state index contributed by atoms with van der Waals surface area (Å²) >= 11 is 1.25. The van der Waals surface area contributed by atoms with Crippen molar-refractivity contribution in [2.24, 2.45) is 0 Å². The van der Waals surface area contributed by atoms with Crippen molar-refractivity contribution in [3.05, 3.63) is 6.07 Å². The Labute approximate surface area is 92.2 Å². The highest BCUT2D eigenvalue weighted by Crippen LogP contribution is 2.23. The fourth-order valence-corrected chi connectivity index (χ4v) is 1.51. The third-order valence-corrected chi connectivity index (χ3v) is 2.44. The van der Waals surface area contributed by atoms with E-state index in [2.05, 4.69) is 9.97 Å². The van der Waals surface area contributed by atoms with Gasteiger partial charge in [0.05, 0.1) is 25.5 Å². The molecule has 0 saturated heterocycles. The summed E-state index contributed by atoms with van der Waals surface area (Å²) in [5, 5.41) is 0.271. The second kappa shape index (κ2) is 5.55. The Bertz CT molecular complexity index is 324. The van der Waals surface area contributed by atoms with E-state index in [4.69, 9.17) is 9.47 Å². The summed E-state index contributed by atoms with van der Waals surface area (Å²) in [4.78, 5) is 18.6. The third kappa shape index (κ3) is 3.39. The number of aromatic nitrogens is 2. The van der Waals surface area contributed by atoms with Crippen molar-refractivity contribution >= 4 is 18.0 Å². The highest BCUT2D eigenvalue weighted by molar-refractivity contribution is 8.00. The number of methoxy groups -OCH3 is 2. The van der Waals surface area contributed by atoms with Crippen LogP contribution in [0.1, 0.15) is 6.92 Å². The van der Waals surface area contributed by atoms with Crippen LogP contribution in [0.4, 0.5) is 0 Å². The maximum absolute atomic E-state index is 10.5. The number of carbonyl (C=O) groups is 1. The molecule has 0 aliphatic heterocycles. The molecule has 15 heavy (non-hydrogen) atoms. The van der Waals surface area contributed by atoms with E-state index < -0.39 is 0 Å². The summed E-state index contributed by atoms with van der Waals surface area (Å²) in [7, 11) is 3.03. The minimum absolute atomic E-state index is 0.193. The lowest BCUT2D eigenvalue weighted by atomic mass is 10.5. The number of carbonyl (C=O) groups excluding carboxylic acids is 1. The Hall–Kier alpha value is -1.30. The summed E-state index contributed by atoms with van der Waals surface area (Å²) in [5.41, 5.74) is 0. The van der Waals surface area contributed by atoms with Crippen LogP contribution in [0.25, 0.3) is 0 Å². The average molecular weight is 228 g/mol. The van der Waals surface area contributed by atoms with Crippen molar-refractivity contribution in [1.82, 2.24) is 9.97 Å². The van der Waals surface area contributed by atoms with Gasteiger partial charge in [0.25, 0.3) is 0 Å². The predicted octanol–water partition coefficient (Wildman–Crippen LogP) is 1.17. The Morgan fingerprint density at radius 3 is 2.27 bits per heavy atom. The minimum Gasteiger partial charge on any atom is -0.481 e. The molecule has 5 nitrogen and oxygen atoms in total. The zero-order valence-electron chi connectivity index (χ0n) is 8.76. The summed E-state index contributed by atoms with van der Waals surface area (Å²) in [5.74, 6) is 0.838. The van der Waals surface area contributed by atoms with Crippen molar-refractivity contribution in [3.63, 3.8) is 0 Å². The van der Waals surface area contributed by atoms with Crippen LogP contribution in [-0.2, 0) is 4.79 Å². The molecule has 0 spiro atoms. The van der Waals surface area contributed by atoms with Gasteiger partial charge in [0, 0.05) is 0 Å². The van der Waals surface area contributed by atoms with E-state index in [0.29, 0.717) is 16.9 Å². The van der Waals surface area contributed by atoms with Crippen molar-refractivity contribution in [2.45, 2.75) is 17.3 Å². The predicted molar refractivity (Wildman–Crippen MR) is 56.5 cm³/mol. The second-order valence-corrected chi connectivity index (χ2v) is 4.04. The first-order valence-electron chi connectivity index (χ1n) is 4.28. The van der Waals surface area contributed by atoms with E-state index in [1.807, 2.05) is 0 Å². The molecule has 0 aliphatic carbocycles. The van der Waals surface area contributed by atoms with Crippen LogP contribution in [0.15, 0.2) is 11.2 Å². The molecule has 0 N–H and O–H groups in total. The van der Waals surface area contributed by atoms with Gasteiger partial charge in [0.1, 0.15) is 6.29 Å². The van der Waals surface area contributed by atoms with E-state index in [1.54, 1.807) is 13.0 Å². The van der Waals surface area contributed by atoms with Crippen LogP contribution >= 0.6 is 11.8 Å². The van der Waals surface area contributed by atoms with E-state index in [-0.39, 0.29) is 5.25 Å². The highest BCUT2D eigenvalue weighted by atomic mass is 32.2. The molecular weight excluding hydrogens is 216 g/mol. The second-order valence-electron chi connectivity index (χ2n) is 2.69. The Balaban J connectivity index is 2.91. The molecule has 1 heterocycles. The lowest BCUT2D eigenvalue weighted by molar-refractivity contribution is -0.107. The average Bonchev–Trinajstić information content (AvgIpc) is 2.28. The molecule has 1 rings (SSSR count). The van der Waals surface area contributed by atoms with Crippen LogP contribution in [0.5, 0.6) is 11.8 Å². The lowest BCUT2D eigenvalue weighted by Gasteiger charge is -2.06. The zero-order chi connectivity index (χ0) is 11.3. The number of hydrogen-bond donors (Lipinski definition) is 0. The fourth-order valence-electron chi connectivity index (χ4n) is 0.840. The fraction of sp³-hybridized carbons (Fsp3) is 0.444. The van der Waals surface area contributed by atoms with Crippen molar-refractivity contribution < 1.29 is 14.3 Å². The third-order valence-electron chi connectivity index (χ3n) is 1.56. The molecule has 0 amide bonds. The maximum Gasteiger partial charge on any atom is 0.220 e. The zero-order valence-corrected chi connectivity index (χ0v) is 9.58. The van der Waals surface area contributed by atoms with Gasteiger partial charge in [-0.2, -0.15) is 9.97 Å². The SMILES string of the molecule is COc1cc(OC)nc(SC(C)C=O)n1. The van der Waals surface area contributed by atoms with E-state index in [1.165, 1.54) is 26.0 Å². The van der Waals surface area contributed by atoms with Gasteiger partial charge in [-0.1, -0.05) is 11.8 Å². The van der Waals surface area contributed by atoms with E-state index in [0.717, 1.165) is 6.29 Å². The summed E-state index contributed by atoms with van der Waals surface area (Å²) < 4.78 is 9.96. The van der Waals surface area contributed by atoms with Crippen LogP contribution < -0.4 is 9.47 Å². The number of nitrogens with zero attached hydrogens (tertiary/aromatic N) is 2. The van der Waals surface area contributed by atoms with Gasteiger partial charge < -0.3 is 14.3 Å². The van der Waals surface area contributed by atoms with Crippen LogP contribution in [0.2, 0.25) is 0 Å². The van der Waals surface area contributed by atoms with Gasteiger partial charge in [-0.15, -0.1) is 0 Å². The highest BCUT2D eigenvalue weighted by Gasteiger charge is 2.09. The molecule has 0 aliphatic rings. The smallest absolute Gasteiger partial charge is 0.220 e.